The molecule has 2 aromatic carbocycles. The summed E-state index contributed by atoms with van der Waals surface area (Å²) in [5.41, 5.74) is 8.56. The zero-order valence-electron chi connectivity index (χ0n) is 11.3. The first-order valence-corrected chi connectivity index (χ1v) is 6.94. The van der Waals surface area contributed by atoms with E-state index in [1.165, 1.54) is 17.7 Å². The van der Waals surface area contributed by atoms with E-state index < -0.39 is 0 Å². The number of rotatable bonds is 4. The lowest BCUT2D eigenvalue weighted by molar-refractivity contribution is 0.318. The predicted molar refractivity (Wildman–Crippen MR) is 77.4 cm³/mol. The molecule has 2 nitrogen and oxygen atoms in total. The number of hydrogen-bond donors (Lipinski definition) is 1. The van der Waals surface area contributed by atoms with Crippen molar-refractivity contribution in [3.05, 3.63) is 65.5 Å². The van der Waals surface area contributed by atoms with Crippen LogP contribution in [0.2, 0.25) is 0 Å². The van der Waals surface area contributed by atoms with E-state index in [-0.39, 0.29) is 11.9 Å². The first-order valence-electron chi connectivity index (χ1n) is 6.94. The predicted octanol–water partition coefficient (Wildman–Crippen LogP) is 3.26. The third kappa shape index (κ3) is 2.83. The molecule has 1 aliphatic heterocycles. The molecular weight excluding hydrogens is 253 g/mol. The first kappa shape index (κ1) is 13.1. The van der Waals surface area contributed by atoms with Gasteiger partial charge in [0.2, 0.25) is 0 Å². The van der Waals surface area contributed by atoms with Crippen LogP contribution in [0.4, 0.5) is 4.39 Å². The lowest BCUT2D eigenvalue weighted by Gasteiger charge is -2.16. The fourth-order valence-electron chi connectivity index (χ4n) is 2.80. The highest BCUT2D eigenvalue weighted by Gasteiger charge is 2.25. The van der Waals surface area contributed by atoms with Gasteiger partial charge in [0.25, 0.3) is 0 Å². The van der Waals surface area contributed by atoms with Gasteiger partial charge in [-0.2, -0.15) is 0 Å². The van der Waals surface area contributed by atoms with Crippen molar-refractivity contribution in [1.82, 2.24) is 0 Å². The van der Waals surface area contributed by atoms with Crippen LogP contribution in [0.5, 0.6) is 5.75 Å². The van der Waals surface area contributed by atoms with Gasteiger partial charge < -0.3 is 10.5 Å². The second kappa shape index (κ2) is 5.63. The number of benzene rings is 2. The fraction of sp³-hybridized carbons (Fsp3) is 0.294. The third-order valence-electron chi connectivity index (χ3n) is 3.80. The molecule has 0 saturated heterocycles. The molecule has 0 spiro atoms. The monoisotopic (exact) mass is 271 g/mol. The fourth-order valence-corrected chi connectivity index (χ4v) is 2.80. The van der Waals surface area contributed by atoms with E-state index in [4.69, 9.17) is 10.5 Å². The van der Waals surface area contributed by atoms with Gasteiger partial charge in [-0.3, -0.25) is 0 Å². The second-order valence-corrected chi connectivity index (χ2v) is 5.37. The van der Waals surface area contributed by atoms with Gasteiger partial charge in [-0.15, -0.1) is 0 Å². The minimum atomic E-state index is -0.208. The quantitative estimate of drug-likeness (QED) is 0.926. The lowest BCUT2D eigenvalue weighted by atomic mass is 9.91. The van der Waals surface area contributed by atoms with Crippen molar-refractivity contribution in [3.8, 4) is 5.75 Å². The lowest BCUT2D eigenvalue weighted by Crippen LogP contribution is -2.26. The first-order chi connectivity index (χ1) is 9.72. The Morgan fingerprint density at radius 2 is 1.90 bits per heavy atom. The van der Waals surface area contributed by atoms with Crippen molar-refractivity contribution < 1.29 is 9.13 Å². The number of ether oxygens (including phenoxy) is 1. The van der Waals surface area contributed by atoms with E-state index in [0.29, 0.717) is 12.5 Å². The Morgan fingerprint density at radius 3 is 2.70 bits per heavy atom. The van der Waals surface area contributed by atoms with E-state index in [0.717, 1.165) is 24.2 Å². The highest BCUT2D eigenvalue weighted by atomic mass is 19.1. The average Bonchev–Trinajstić information content (AvgIpc) is 2.85. The minimum Gasteiger partial charge on any atom is -0.493 e. The van der Waals surface area contributed by atoms with Crippen molar-refractivity contribution in [1.29, 1.82) is 0 Å². The Labute approximate surface area is 118 Å². The van der Waals surface area contributed by atoms with E-state index >= 15 is 0 Å². The maximum atomic E-state index is 12.9. The standard InChI is InChI=1S/C17H18FNO/c18-14-7-5-12(6-8-14)9-15(19)10-13-11-20-17-4-2-1-3-16(13)17/h1-8,13,15H,9-11,19H2. The number of hydrogen-bond acceptors (Lipinski definition) is 2. The summed E-state index contributed by atoms with van der Waals surface area (Å²) in [4.78, 5) is 0. The maximum absolute atomic E-state index is 12.9. The summed E-state index contributed by atoms with van der Waals surface area (Å²) in [6.07, 6.45) is 1.65. The zero-order valence-corrected chi connectivity index (χ0v) is 11.3. The zero-order chi connectivity index (χ0) is 13.9. The smallest absolute Gasteiger partial charge is 0.123 e. The summed E-state index contributed by atoms with van der Waals surface area (Å²) >= 11 is 0. The van der Waals surface area contributed by atoms with Crippen LogP contribution >= 0.6 is 0 Å². The van der Waals surface area contributed by atoms with Crippen LogP contribution in [-0.2, 0) is 6.42 Å². The molecule has 2 N–H and O–H groups in total. The van der Waals surface area contributed by atoms with Crippen LogP contribution in [0.3, 0.4) is 0 Å². The van der Waals surface area contributed by atoms with Gasteiger partial charge in [0.1, 0.15) is 11.6 Å². The molecule has 3 heteroatoms. The highest BCUT2D eigenvalue weighted by Crippen LogP contribution is 2.36. The third-order valence-corrected chi connectivity index (χ3v) is 3.80. The van der Waals surface area contributed by atoms with Gasteiger partial charge in [-0.05, 0) is 36.6 Å². The summed E-state index contributed by atoms with van der Waals surface area (Å²) in [7, 11) is 0. The molecule has 0 bridgehead atoms. The van der Waals surface area contributed by atoms with Crippen molar-refractivity contribution in [2.75, 3.05) is 6.61 Å². The Bertz CT molecular complexity index is 582. The largest absolute Gasteiger partial charge is 0.493 e. The van der Waals surface area contributed by atoms with Crippen molar-refractivity contribution >= 4 is 0 Å². The molecule has 104 valence electrons. The molecule has 2 aromatic rings. The molecule has 3 rings (SSSR count). The number of para-hydroxylation sites is 1. The minimum absolute atomic E-state index is 0.0558. The van der Waals surface area contributed by atoms with Crippen LogP contribution in [-0.4, -0.2) is 12.6 Å². The van der Waals surface area contributed by atoms with Crippen LogP contribution in [0.1, 0.15) is 23.5 Å². The maximum Gasteiger partial charge on any atom is 0.123 e. The summed E-state index contributed by atoms with van der Waals surface area (Å²) in [5, 5.41) is 0. The van der Waals surface area contributed by atoms with E-state index in [1.807, 2.05) is 18.2 Å². The second-order valence-electron chi connectivity index (χ2n) is 5.37. The Hall–Kier alpha value is -1.87. The van der Waals surface area contributed by atoms with Crippen LogP contribution < -0.4 is 10.5 Å². The van der Waals surface area contributed by atoms with Gasteiger partial charge in [0.05, 0.1) is 6.61 Å². The van der Waals surface area contributed by atoms with Crippen LogP contribution in [0.25, 0.3) is 0 Å². The molecule has 0 aromatic heterocycles. The van der Waals surface area contributed by atoms with E-state index in [1.54, 1.807) is 12.1 Å². The number of fused-ring (bicyclic) bond motifs is 1. The number of halogens is 1. The molecule has 0 amide bonds. The molecular formula is C17H18FNO. The molecule has 2 atom stereocenters. The van der Waals surface area contributed by atoms with Crippen molar-refractivity contribution in [2.24, 2.45) is 5.73 Å². The normalized spacial score (nSPS) is 18.4. The summed E-state index contributed by atoms with van der Waals surface area (Å²) < 4.78 is 18.5. The highest BCUT2D eigenvalue weighted by molar-refractivity contribution is 5.39. The molecule has 20 heavy (non-hydrogen) atoms. The van der Waals surface area contributed by atoms with Crippen molar-refractivity contribution in [3.63, 3.8) is 0 Å². The van der Waals surface area contributed by atoms with E-state index in [2.05, 4.69) is 6.07 Å². The summed E-state index contributed by atoms with van der Waals surface area (Å²) in [6, 6.07) is 14.7. The van der Waals surface area contributed by atoms with Crippen LogP contribution in [0.15, 0.2) is 48.5 Å². The molecule has 0 radical (unpaired) electrons. The molecule has 0 saturated carbocycles. The molecule has 0 fully saturated rings. The van der Waals surface area contributed by atoms with Gasteiger partial charge in [0.15, 0.2) is 0 Å². The van der Waals surface area contributed by atoms with E-state index in [9.17, 15) is 4.39 Å². The molecule has 0 aliphatic carbocycles. The Balaban J connectivity index is 1.62. The van der Waals surface area contributed by atoms with Gasteiger partial charge in [-0.1, -0.05) is 30.3 Å². The van der Waals surface area contributed by atoms with Gasteiger partial charge >= 0.3 is 0 Å². The molecule has 2 unspecified atom stereocenters. The van der Waals surface area contributed by atoms with Gasteiger partial charge in [0, 0.05) is 17.5 Å². The topological polar surface area (TPSA) is 35.2 Å². The summed E-state index contributed by atoms with van der Waals surface area (Å²) in [5.74, 6) is 1.13. The van der Waals surface area contributed by atoms with Gasteiger partial charge in [-0.25, -0.2) is 4.39 Å². The van der Waals surface area contributed by atoms with Crippen molar-refractivity contribution in [2.45, 2.75) is 24.8 Å². The molecule has 1 aliphatic rings. The van der Waals surface area contributed by atoms with Crippen LogP contribution in [0, 0.1) is 5.82 Å². The Morgan fingerprint density at radius 1 is 1.15 bits per heavy atom. The number of nitrogens with two attached hydrogens (primary N) is 1. The summed E-state index contributed by atoms with van der Waals surface area (Å²) in [6.45, 7) is 0.705. The SMILES string of the molecule is NC(Cc1ccc(F)cc1)CC1COc2ccccc21. The average molecular weight is 271 g/mol. The Kier molecular flexibility index (Phi) is 3.70. The molecule has 1 heterocycles.